The number of aromatic amines is 1. The predicted octanol–water partition coefficient (Wildman–Crippen LogP) is 2.11. The summed E-state index contributed by atoms with van der Waals surface area (Å²) >= 11 is 0. The normalized spacial score (nSPS) is 15.7. The predicted molar refractivity (Wildman–Crippen MR) is 117 cm³/mol. The van der Waals surface area contributed by atoms with Crippen LogP contribution in [-0.4, -0.2) is 46.0 Å². The fourth-order valence-electron chi connectivity index (χ4n) is 4.08. The summed E-state index contributed by atoms with van der Waals surface area (Å²) in [6, 6.07) is 7.26. The van der Waals surface area contributed by atoms with Crippen molar-refractivity contribution in [2.45, 2.75) is 19.6 Å². The molecule has 34 heavy (non-hydrogen) atoms. The topological polar surface area (TPSA) is 129 Å². The Labute approximate surface area is 193 Å². The number of nitrogens with one attached hydrogen (secondary N) is 2. The van der Waals surface area contributed by atoms with Crippen molar-refractivity contribution in [1.29, 1.82) is 0 Å². The van der Waals surface area contributed by atoms with Crippen molar-refractivity contribution in [3.8, 4) is 5.75 Å². The first-order valence-electron chi connectivity index (χ1n) is 10.5. The van der Waals surface area contributed by atoms with Crippen molar-refractivity contribution in [2.24, 2.45) is 5.16 Å². The molecule has 0 bridgehead atoms. The molecule has 2 amide bonds. The third-order valence-electron chi connectivity index (χ3n) is 5.66. The van der Waals surface area contributed by atoms with E-state index in [9.17, 15) is 19.2 Å². The van der Waals surface area contributed by atoms with E-state index >= 15 is 0 Å². The maximum atomic E-state index is 14.2. The first-order chi connectivity index (χ1) is 16.5. The van der Waals surface area contributed by atoms with Crippen LogP contribution in [0.5, 0.6) is 5.75 Å². The Bertz CT molecular complexity index is 1290. The second-order valence-electron chi connectivity index (χ2n) is 7.80. The van der Waals surface area contributed by atoms with Gasteiger partial charge in [0.15, 0.2) is 12.5 Å². The van der Waals surface area contributed by atoms with Crippen molar-refractivity contribution in [3.63, 3.8) is 0 Å². The molecule has 3 aromatic rings. The molecule has 0 radical (unpaired) electrons. The van der Waals surface area contributed by atoms with Crippen LogP contribution in [0, 0.1) is 5.82 Å². The van der Waals surface area contributed by atoms with Gasteiger partial charge in [-0.1, -0.05) is 5.16 Å². The number of imidazole rings is 1. The average molecular weight is 465 g/mol. The molecule has 2 aromatic carbocycles. The summed E-state index contributed by atoms with van der Waals surface area (Å²) < 4.78 is 25.0. The van der Waals surface area contributed by atoms with E-state index in [4.69, 9.17) is 9.47 Å². The van der Waals surface area contributed by atoms with E-state index in [-0.39, 0.29) is 31.6 Å². The molecular weight excluding hydrogens is 445 g/mol. The molecule has 3 heterocycles. The summed E-state index contributed by atoms with van der Waals surface area (Å²) in [5.41, 5.74) is 2.71. The van der Waals surface area contributed by atoms with Crippen molar-refractivity contribution < 1.29 is 28.7 Å². The van der Waals surface area contributed by atoms with E-state index in [2.05, 4.69) is 20.4 Å². The molecule has 0 saturated heterocycles. The van der Waals surface area contributed by atoms with Crippen molar-refractivity contribution in [1.82, 2.24) is 15.3 Å². The van der Waals surface area contributed by atoms with Gasteiger partial charge in [-0.15, -0.1) is 0 Å². The first-order valence-corrected chi connectivity index (χ1v) is 10.5. The van der Waals surface area contributed by atoms with Gasteiger partial charge in [-0.05, 0) is 30.3 Å². The zero-order chi connectivity index (χ0) is 23.7. The van der Waals surface area contributed by atoms with Crippen LogP contribution < -0.4 is 15.0 Å². The van der Waals surface area contributed by atoms with E-state index in [1.165, 1.54) is 17.0 Å². The van der Waals surface area contributed by atoms with Crippen LogP contribution in [-0.2, 0) is 29.1 Å². The Hall–Kier alpha value is -4.25. The molecule has 1 aromatic heterocycles. The second kappa shape index (κ2) is 8.94. The number of carbonyl (C=O) groups is 2. The van der Waals surface area contributed by atoms with Gasteiger partial charge in [0.25, 0.3) is 11.8 Å². The van der Waals surface area contributed by atoms with Crippen LogP contribution in [0.15, 0.2) is 48.0 Å². The lowest BCUT2D eigenvalue weighted by molar-refractivity contribution is -0.112. The molecule has 11 heteroatoms. The molecule has 0 atom stereocenters. The molecule has 0 aliphatic carbocycles. The first kappa shape index (κ1) is 21.6. The maximum absolute atomic E-state index is 14.2. The van der Waals surface area contributed by atoms with Crippen molar-refractivity contribution in [2.75, 3.05) is 18.2 Å². The minimum atomic E-state index is -0.571. The zero-order valence-electron chi connectivity index (χ0n) is 17.9. The van der Waals surface area contributed by atoms with Gasteiger partial charge in [0.05, 0.1) is 30.9 Å². The monoisotopic (exact) mass is 465 g/mol. The number of halogens is 1. The molecule has 0 unspecified atom stereocenters. The number of aromatic nitrogens is 2. The molecule has 5 rings (SSSR count). The number of hydrogen-bond donors (Lipinski definition) is 3. The van der Waals surface area contributed by atoms with Crippen molar-refractivity contribution >= 4 is 23.2 Å². The summed E-state index contributed by atoms with van der Waals surface area (Å²) in [5, 5.41) is 15.4. The molecule has 3 N–H and O–H groups in total. The number of carbonyl (C=O) groups excluding carboxylic acids is 2. The third kappa shape index (κ3) is 3.97. The van der Waals surface area contributed by atoms with Crippen LogP contribution in [0.1, 0.15) is 32.7 Å². The summed E-state index contributed by atoms with van der Waals surface area (Å²) in [6.45, 7) is 0.537. The van der Waals surface area contributed by atoms with Gasteiger partial charge < -0.3 is 29.9 Å². The Balaban J connectivity index is 1.42. The number of rotatable bonds is 6. The van der Waals surface area contributed by atoms with Gasteiger partial charge in [-0.3, -0.25) is 9.59 Å². The highest BCUT2D eigenvalue weighted by atomic mass is 19.1. The number of H-pyrrole nitrogens is 1. The maximum Gasteiger partial charge on any atom is 0.281 e. The van der Waals surface area contributed by atoms with E-state index < -0.39 is 11.7 Å². The lowest BCUT2D eigenvalue weighted by Crippen LogP contribution is -2.30. The molecular formula is C23H20FN5O5. The van der Waals surface area contributed by atoms with Gasteiger partial charge >= 0.3 is 0 Å². The van der Waals surface area contributed by atoms with Crippen LogP contribution >= 0.6 is 0 Å². The molecule has 0 saturated carbocycles. The summed E-state index contributed by atoms with van der Waals surface area (Å²) in [7, 11) is 0. The van der Waals surface area contributed by atoms with E-state index in [1.54, 1.807) is 30.7 Å². The lowest BCUT2D eigenvalue weighted by atomic mass is 10.1. The molecule has 2 aliphatic rings. The summed E-state index contributed by atoms with van der Waals surface area (Å²) in [6.07, 6.45) is 3.87. The number of oxime groups is 1. The molecule has 174 valence electrons. The largest absolute Gasteiger partial charge is 0.467 e. The summed E-state index contributed by atoms with van der Waals surface area (Å²) in [4.78, 5) is 34.0. The van der Waals surface area contributed by atoms with Crippen LogP contribution in [0.25, 0.3) is 0 Å². The number of hydrogen-bond acceptors (Lipinski definition) is 7. The highest BCUT2D eigenvalue weighted by molar-refractivity contribution is 6.54. The summed E-state index contributed by atoms with van der Waals surface area (Å²) in [5.74, 6) is -0.943. The number of amides is 2. The second-order valence-corrected chi connectivity index (χ2v) is 7.80. The standard InChI is InChI=1S/C23H20FN5O5/c24-16-5-14(21-15(6-16)10-33-12-34-21)9-29-19-7-13(1-2-18(19)20(28-32)23(29)31)22(30)26-4-3-17-8-25-11-27-17/h1-2,5-8,11,32H,3-4,9-10,12H2,(H,25,27)(H,26,30)/b28-20-. The van der Waals surface area contributed by atoms with Gasteiger partial charge in [0.2, 0.25) is 0 Å². The van der Waals surface area contributed by atoms with E-state index in [0.717, 1.165) is 5.69 Å². The number of fused-ring (bicyclic) bond motifs is 2. The smallest absolute Gasteiger partial charge is 0.281 e. The minimum absolute atomic E-state index is 0.0160. The van der Waals surface area contributed by atoms with Gasteiger partial charge in [-0.2, -0.15) is 0 Å². The minimum Gasteiger partial charge on any atom is -0.467 e. The number of benzene rings is 2. The zero-order valence-corrected chi connectivity index (χ0v) is 17.9. The number of nitrogens with zero attached hydrogens (tertiary/aromatic N) is 3. The fourth-order valence-corrected chi connectivity index (χ4v) is 4.08. The van der Waals surface area contributed by atoms with E-state index in [0.29, 0.717) is 46.7 Å². The Morgan fingerprint density at radius 2 is 2.21 bits per heavy atom. The van der Waals surface area contributed by atoms with Gasteiger partial charge in [0, 0.05) is 41.4 Å². The quantitative estimate of drug-likeness (QED) is 0.378. The lowest BCUT2D eigenvalue weighted by Gasteiger charge is -2.24. The fraction of sp³-hybridized carbons (Fsp3) is 0.217. The molecule has 10 nitrogen and oxygen atoms in total. The van der Waals surface area contributed by atoms with Crippen LogP contribution in [0.4, 0.5) is 10.1 Å². The number of ether oxygens (including phenoxy) is 2. The van der Waals surface area contributed by atoms with Gasteiger partial charge in [0.1, 0.15) is 11.6 Å². The SMILES string of the molecule is O=C(NCCc1c[nH]cn1)c1ccc2c(c1)N(Cc1cc(F)cc3c1OCOC3)C(=O)/C2=N\O. The molecule has 2 aliphatic heterocycles. The Morgan fingerprint density at radius 1 is 1.32 bits per heavy atom. The third-order valence-corrected chi connectivity index (χ3v) is 5.66. The molecule has 0 spiro atoms. The highest BCUT2D eigenvalue weighted by Crippen LogP contribution is 2.36. The van der Waals surface area contributed by atoms with Crippen LogP contribution in [0.2, 0.25) is 0 Å². The van der Waals surface area contributed by atoms with Crippen LogP contribution in [0.3, 0.4) is 0 Å². The van der Waals surface area contributed by atoms with Crippen molar-refractivity contribution in [3.05, 3.63) is 76.6 Å². The highest BCUT2D eigenvalue weighted by Gasteiger charge is 2.36. The van der Waals surface area contributed by atoms with E-state index in [1.807, 2.05) is 0 Å². The Morgan fingerprint density at radius 3 is 3.00 bits per heavy atom. The molecule has 0 fully saturated rings. The average Bonchev–Trinajstić information content (AvgIpc) is 3.45. The Kier molecular flexibility index (Phi) is 5.68. The number of anilines is 1. The van der Waals surface area contributed by atoms with Gasteiger partial charge in [-0.25, -0.2) is 9.37 Å².